The highest BCUT2D eigenvalue weighted by Crippen LogP contribution is 2.16. The van der Waals surface area contributed by atoms with Gasteiger partial charge in [0.15, 0.2) is 0 Å². The molecular weight excluding hydrogens is 202 g/mol. The van der Waals surface area contributed by atoms with Crippen molar-refractivity contribution >= 4 is 5.82 Å². The first-order valence-electron chi connectivity index (χ1n) is 5.74. The van der Waals surface area contributed by atoms with E-state index in [1.54, 1.807) is 13.1 Å². The summed E-state index contributed by atoms with van der Waals surface area (Å²) < 4.78 is 0. The van der Waals surface area contributed by atoms with Crippen LogP contribution in [0.4, 0.5) is 5.82 Å². The third kappa shape index (κ3) is 2.51. The summed E-state index contributed by atoms with van der Waals surface area (Å²) >= 11 is 0. The van der Waals surface area contributed by atoms with E-state index in [0.29, 0.717) is 0 Å². The van der Waals surface area contributed by atoms with Crippen molar-refractivity contribution in [1.29, 1.82) is 0 Å². The second kappa shape index (κ2) is 4.80. The van der Waals surface area contributed by atoms with Gasteiger partial charge >= 0.3 is 0 Å². The van der Waals surface area contributed by atoms with Crippen molar-refractivity contribution in [1.82, 2.24) is 9.88 Å². The summed E-state index contributed by atoms with van der Waals surface area (Å²) in [6.07, 6.45) is 1.33. The number of anilines is 1. The molecule has 16 heavy (non-hydrogen) atoms. The zero-order chi connectivity index (χ0) is 11.5. The number of likely N-dealkylation sites (N-methyl/N-ethyl adjacent to an activating group) is 1. The quantitative estimate of drug-likeness (QED) is 0.805. The van der Waals surface area contributed by atoms with Crippen LogP contribution in [0.2, 0.25) is 0 Å². The molecule has 0 aromatic carbocycles. The number of aliphatic hydroxyl groups is 1. The fourth-order valence-electron chi connectivity index (χ4n) is 1.87. The Morgan fingerprint density at radius 3 is 2.44 bits per heavy atom. The lowest BCUT2D eigenvalue weighted by atomic mass is 10.2. The van der Waals surface area contributed by atoms with Crippen LogP contribution in [0.1, 0.15) is 18.6 Å². The predicted molar refractivity (Wildman–Crippen MR) is 64.6 cm³/mol. The van der Waals surface area contributed by atoms with Crippen molar-refractivity contribution in [2.45, 2.75) is 13.0 Å². The van der Waals surface area contributed by atoms with Crippen LogP contribution < -0.4 is 4.90 Å². The van der Waals surface area contributed by atoms with E-state index in [-0.39, 0.29) is 0 Å². The molecule has 1 aliphatic rings. The first kappa shape index (κ1) is 11.4. The van der Waals surface area contributed by atoms with Gasteiger partial charge in [-0.1, -0.05) is 6.07 Å². The van der Waals surface area contributed by atoms with Gasteiger partial charge in [-0.2, -0.15) is 0 Å². The molecule has 0 aliphatic carbocycles. The van der Waals surface area contributed by atoms with Gasteiger partial charge in [0, 0.05) is 32.4 Å². The molecule has 0 unspecified atom stereocenters. The van der Waals surface area contributed by atoms with Crippen LogP contribution in [0, 0.1) is 0 Å². The Morgan fingerprint density at radius 2 is 1.94 bits per heavy atom. The maximum Gasteiger partial charge on any atom is 0.128 e. The molecule has 2 heterocycles. The Balaban J connectivity index is 2.04. The molecule has 1 N–H and O–H groups in total. The van der Waals surface area contributed by atoms with Gasteiger partial charge in [-0.25, -0.2) is 4.98 Å². The molecule has 0 amide bonds. The van der Waals surface area contributed by atoms with Crippen LogP contribution in [-0.4, -0.2) is 48.2 Å². The predicted octanol–water partition coefficient (Wildman–Crippen LogP) is 0.887. The molecule has 1 aliphatic heterocycles. The molecule has 0 saturated carbocycles. The number of piperazine rings is 1. The molecule has 1 fully saturated rings. The van der Waals surface area contributed by atoms with Gasteiger partial charge in [0.1, 0.15) is 5.82 Å². The lowest BCUT2D eigenvalue weighted by Gasteiger charge is -2.33. The Bertz CT molecular complexity index is 329. The molecule has 0 bridgehead atoms. The van der Waals surface area contributed by atoms with Crippen molar-refractivity contribution < 1.29 is 5.11 Å². The third-order valence-corrected chi connectivity index (χ3v) is 3.08. The minimum absolute atomic E-state index is 0.436. The zero-order valence-corrected chi connectivity index (χ0v) is 9.93. The Labute approximate surface area is 96.5 Å². The highest BCUT2D eigenvalue weighted by Gasteiger charge is 2.15. The van der Waals surface area contributed by atoms with Crippen LogP contribution in [0.25, 0.3) is 0 Å². The number of pyridine rings is 1. The SMILES string of the molecule is C[C@H](O)c1ccc(N2CCN(C)CC2)nc1. The highest BCUT2D eigenvalue weighted by molar-refractivity contribution is 5.40. The monoisotopic (exact) mass is 221 g/mol. The van der Waals surface area contributed by atoms with Crippen molar-refractivity contribution in [3.05, 3.63) is 23.9 Å². The van der Waals surface area contributed by atoms with Crippen LogP contribution in [-0.2, 0) is 0 Å². The maximum absolute atomic E-state index is 9.40. The Hall–Kier alpha value is -1.13. The fourth-order valence-corrected chi connectivity index (χ4v) is 1.87. The number of hydrogen-bond donors (Lipinski definition) is 1. The summed E-state index contributed by atoms with van der Waals surface area (Å²) in [4.78, 5) is 9.00. The molecule has 0 radical (unpaired) electrons. The Kier molecular flexibility index (Phi) is 3.41. The molecule has 4 heteroatoms. The summed E-state index contributed by atoms with van der Waals surface area (Å²) in [5, 5.41) is 9.40. The van der Waals surface area contributed by atoms with Gasteiger partial charge in [0.05, 0.1) is 6.10 Å². The van der Waals surface area contributed by atoms with Crippen LogP contribution in [0.5, 0.6) is 0 Å². The highest BCUT2D eigenvalue weighted by atomic mass is 16.3. The second-order valence-corrected chi connectivity index (χ2v) is 4.42. The van der Waals surface area contributed by atoms with Gasteiger partial charge in [-0.15, -0.1) is 0 Å². The summed E-state index contributed by atoms with van der Waals surface area (Å²) in [7, 11) is 2.14. The van der Waals surface area contributed by atoms with Crippen LogP contribution in [0.3, 0.4) is 0 Å². The number of aliphatic hydroxyl groups excluding tert-OH is 1. The normalized spacial score (nSPS) is 19.8. The molecule has 2 rings (SSSR count). The molecule has 4 nitrogen and oxygen atoms in total. The van der Waals surface area contributed by atoms with E-state index in [9.17, 15) is 5.11 Å². The molecule has 0 spiro atoms. The van der Waals surface area contributed by atoms with E-state index in [4.69, 9.17) is 0 Å². The zero-order valence-electron chi connectivity index (χ0n) is 9.93. The number of aromatic nitrogens is 1. The summed E-state index contributed by atoms with van der Waals surface area (Å²) in [5.41, 5.74) is 0.873. The minimum atomic E-state index is -0.436. The van der Waals surface area contributed by atoms with E-state index >= 15 is 0 Å². The van der Waals surface area contributed by atoms with E-state index in [1.807, 2.05) is 12.1 Å². The van der Waals surface area contributed by atoms with E-state index in [0.717, 1.165) is 37.6 Å². The standard InChI is InChI=1S/C12H19N3O/c1-10(16)11-3-4-12(13-9-11)15-7-5-14(2)6-8-15/h3-4,9-10,16H,5-8H2,1-2H3/t10-/m0/s1. The van der Waals surface area contributed by atoms with Gasteiger partial charge in [-0.05, 0) is 25.6 Å². The number of rotatable bonds is 2. The smallest absolute Gasteiger partial charge is 0.128 e. The molecular formula is C12H19N3O. The number of nitrogens with zero attached hydrogens (tertiary/aromatic N) is 3. The lowest BCUT2D eigenvalue weighted by molar-refractivity contribution is 0.199. The second-order valence-electron chi connectivity index (χ2n) is 4.42. The number of hydrogen-bond acceptors (Lipinski definition) is 4. The van der Waals surface area contributed by atoms with Crippen molar-refractivity contribution in [3.63, 3.8) is 0 Å². The summed E-state index contributed by atoms with van der Waals surface area (Å²) in [5.74, 6) is 1.01. The molecule has 1 aromatic heterocycles. The van der Waals surface area contributed by atoms with Crippen LogP contribution in [0.15, 0.2) is 18.3 Å². The molecule has 1 saturated heterocycles. The Morgan fingerprint density at radius 1 is 1.25 bits per heavy atom. The first-order chi connectivity index (χ1) is 7.66. The van der Waals surface area contributed by atoms with Gasteiger partial charge < -0.3 is 14.9 Å². The van der Waals surface area contributed by atoms with Gasteiger partial charge in [-0.3, -0.25) is 0 Å². The molecule has 1 atom stereocenters. The minimum Gasteiger partial charge on any atom is -0.389 e. The van der Waals surface area contributed by atoms with Crippen molar-refractivity contribution in [3.8, 4) is 0 Å². The van der Waals surface area contributed by atoms with E-state index in [1.165, 1.54) is 0 Å². The van der Waals surface area contributed by atoms with Crippen molar-refractivity contribution in [2.24, 2.45) is 0 Å². The van der Waals surface area contributed by atoms with E-state index < -0.39 is 6.10 Å². The van der Waals surface area contributed by atoms with E-state index in [2.05, 4.69) is 21.8 Å². The average Bonchev–Trinajstić information content (AvgIpc) is 2.30. The lowest BCUT2D eigenvalue weighted by Crippen LogP contribution is -2.44. The van der Waals surface area contributed by atoms with Crippen molar-refractivity contribution in [2.75, 3.05) is 38.1 Å². The topological polar surface area (TPSA) is 39.6 Å². The molecule has 88 valence electrons. The largest absolute Gasteiger partial charge is 0.389 e. The average molecular weight is 221 g/mol. The molecule has 1 aromatic rings. The first-order valence-corrected chi connectivity index (χ1v) is 5.74. The summed E-state index contributed by atoms with van der Waals surface area (Å²) in [6.45, 7) is 5.97. The van der Waals surface area contributed by atoms with Gasteiger partial charge in [0.25, 0.3) is 0 Å². The van der Waals surface area contributed by atoms with Crippen LogP contribution >= 0.6 is 0 Å². The third-order valence-electron chi connectivity index (χ3n) is 3.08. The maximum atomic E-state index is 9.40. The fraction of sp³-hybridized carbons (Fsp3) is 0.583. The summed E-state index contributed by atoms with van der Waals surface area (Å²) in [6, 6.07) is 3.94. The van der Waals surface area contributed by atoms with Gasteiger partial charge in [0.2, 0.25) is 0 Å².